The third-order valence-corrected chi connectivity index (χ3v) is 6.22. The molecule has 3 nitrogen and oxygen atoms in total. The number of rotatable bonds is 0. The fourth-order valence-electron chi connectivity index (χ4n) is 5.26. The van der Waals surface area contributed by atoms with Gasteiger partial charge in [-0.25, -0.2) is 0 Å². The van der Waals surface area contributed by atoms with Crippen LogP contribution in [0.1, 0.15) is 17.0 Å². The van der Waals surface area contributed by atoms with Crippen LogP contribution in [0.4, 0.5) is 0 Å². The van der Waals surface area contributed by atoms with Gasteiger partial charge in [0.05, 0.1) is 23.7 Å². The van der Waals surface area contributed by atoms with E-state index in [1.165, 1.54) is 0 Å². The molecule has 0 amide bonds. The van der Waals surface area contributed by atoms with Gasteiger partial charge in [0.2, 0.25) is 0 Å². The van der Waals surface area contributed by atoms with Crippen LogP contribution in [0.15, 0.2) is 60.7 Å². The van der Waals surface area contributed by atoms with Gasteiger partial charge in [-0.2, -0.15) is 5.26 Å². The predicted octanol–water partition coefficient (Wildman–Crippen LogP) is 2.75. The van der Waals surface area contributed by atoms with Crippen LogP contribution < -0.4 is 0 Å². The van der Waals surface area contributed by atoms with Gasteiger partial charge in [-0.05, 0) is 22.3 Å². The standard InChI is InChI=1S/C21H17NO2/c22-11-21-15-8-4-3-6-13(15)12-5-1-2-7-14(12)19(21)18-16(21)9-10-17(23)20(18)24/h1-10,16-20,23-24H/t16?,17?,18?,19-,20?,21+/m1/s1. The van der Waals surface area contributed by atoms with Crippen LogP contribution in [0.25, 0.3) is 11.1 Å². The lowest BCUT2D eigenvalue weighted by Gasteiger charge is -2.62. The van der Waals surface area contributed by atoms with Crippen molar-refractivity contribution in [2.75, 3.05) is 0 Å². The third kappa shape index (κ3) is 1.40. The zero-order chi connectivity index (χ0) is 16.5. The van der Waals surface area contributed by atoms with Gasteiger partial charge in [-0.15, -0.1) is 0 Å². The topological polar surface area (TPSA) is 64.2 Å². The molecule has 0 aliphatic heterocycles. The molecular formula is C21H17NO2. The molecule has 2 aromatic carbocycles. The lowest BCUT2D eigenvalue weighted by atomic mass is 9.38. The van der Waals surface area contributed by atoms with E-state index in [2.05, 4.69) is 24.3 Å². The second-order valence-corrected chi connectivity index (χ2v) is 7.06. The van der Waals surface area contributed by atoms with E-state index in [0.29, 0.717) is 0 Å². The first-order valence-corrected chi connectivity index (χ1v) is 8.34. The Morgan fingerprint density at radius 1 is 0.917 bits per heavy atom. The fourth-order valence-corrected chi connectivity index (χ4v) is 5.26. The van der Waals surface area contributed by atoms with E-state index >= 15 is 0 Å². The molecule has 5 rings (SSSR count). The average Bonchev–Trinajstić information content (AvgIpc) is 2.61. The number of hydrogen-bond donors (Lipinski definition) is 2. The van der Waals surface area contributed by atoms with Crippen molar-refractivity contribution in [2.45, 2.75) is 23.5 Å². The zero-order valence-electron chi connectivity index (χ0n) is 13.0. The number of nitrogens with zero attached hydrogens (tertiary/aromatic N) is 1. The number of nitriles is 1. The quantitative estimate of drug-likeness (QED) is 0.735. The van der Waals surface area contributed by atoms with Crippen molar-refractivity contribution in [3.05, 3.63) is 71.8 Å². The molecule has 6 atom stereocenters. The maximum atomic E-state index is 10.6. The molecule has 4 unspecified atom stereocenters. The molecule has 0 aromatic heterocycles. The van der Waals surface area contributed by atoms with Gasteiger partial charge in [0.1, 0.15) is 0 Å². The van der Waals surface area contributed by atoms with Crippen molar-refractivity contribution in [2.24, 2.45) is 11.8 Å². The van der Waals surface area contributed by atoms with E-state index in [9.17, 15) is 15.5 Å². The fraction of sp³-hybridized carbons (Fsp3) is 0.286. The monoisotopic (exact) mass is 315 g/mol. The minimum Gasteiger partial charge on any atom is -0.390 e. The summed E-state index contributed by atoms with van der Waals surface area (Å²) in [5, 5.41) is 30.9. The second kappa shape index (κ2) is 4.57. The highest BCUT2D eigenvalue weighted by atomic mass is 16.3. The molecule has 2 aromatic rings. The van der Waals surface area contributed by atoms with Crippen molar-refractivity contribution in [1.82, 2.24) is 0 Å². The van der Waals surface area contributed by atoms with Crippen LogP contribution >= 0.6 is 0 Å². The van der Waals surface area contributed by atoms with Gasteiger partial charge >= 0.3 is 0 Å². The summed E-state index contributed by atoms with van der Waals surface area (Å²) in [6, 6.07) is 18.9. The molecule has 3 aliphatic rings. The third-order valence-electron chi connectivity index (χ3n) is 6.22. The van der Waals surface area contributed by atoms with Gasteiger partial charge in [0, 0.05) is 17.8 Å². The smallest absolute Gasteiger partial charge is 0.0983 e. The first-order valence-electron chi connectivity index (χ1n) is 8.34. The molecule has 0 bridgehead atoms. The molecule has 3 aliphatic carbocycles. The van der Waals surface area contributed by atoms with Crippen molar-refractivity contribution >= 4 is 0 Å². The zero-order valence-corrected chi connectivity index (χ0v) is 13.0. The van der Waals surface area contributed by atoms with Gasteiger partial charge in [-0.3, -0.25) is 0 Å². The number of fused-ring (bicyclic) bond motifs is 9. The van der Waals surface area contributed by atoms with Crippen molar-refractivity contribution in [1.29, 1.82) is 5.26 Å². The van der Waals surface area contributed by atoms with Gasteiger partial charge in [0.25, 0.3) is 0 Å². The summed E-state index contributed by atoms with van der Waals surface area (Å²) in [4.78, 5) is 0. The lowest BCUT2D eigenvalue weighted by Crippen LogP contribution is -2.64. The van der Waals surface area contributed by atoms with E-state index < -0.39 is 17.6 Å². The molecule has 2 N–H and O–H groups in total. The van der Waals surface area contributed by atoms with Crippen LogP contribution in [-0.4, -0.2) is 22.4 Å². The molecule has 1 fully saturated rings. The summed E-state index contributed by atoms with van der Waals surface area (Å²) in [6.07, 6.45) is 1.90. The number of aliphatic hydroxyl groups is 2. The number of aliphatic hydroxyl groups excluding tert-OH is 2. The number of allylic oxidation sites excluding steroid dienone is 1. The van der Waals surface area contributed by atoms with Crippen LogP contribution in [0.3, 0.4) is 0 Å². The first kappa shape index (κ1) is 14.0. The average molecular weight is 315 g/mol. The Kier molecular flexibility index (Phi) is 2.66. The first-order chi connectivity index (χ1) is 11.7. The molecule has 0 spiro atoms. The molecule has 1 saturated carbocycles. The Bertz CT molecular complexity index is 912. The van der Waals surface area contributed by atoms with E-state index in [-0.39, 0.29) is 17.8 Å². The van der Waals surface area contributed by atoms with Crippen LogP contribution in [0, 0.1) is 23.2 Å². The Balaban J connectivity index is 1.83. The highest BCUT2D eigenvalue weighted by Gasteiger charge is 2.68. The van der Waals surface area contributed by atoms with Crippen LogP contribution in [0.2, 0.25) is 0 Å². The molecule has 3 heteroatoms. The van der Waals surface area contributed by atoms with Crippen LogP contribution in [-0.2, 0) is 5.41 Å². The minimum atomic E-state index is -0.854. The summed E-state index contributed by atoms with van der Waals surface area (Å²) in [7, 11) is 0. The minimum absolute atomic E-state index is 0.0691. The largest absolute Gasteiger partial charge is 0.390 e. The van der Waals surface area contributed by atoms with Crippen molar-refractivity contribution < 1.29 is 10.2 Å². The van der Waals surface area contributed by atoms with E-state index in [1.54, 1.807) is 6.08 Å². The maximum absolute atomic E-state index is 10.6. The molecule has 0 radical (unpaired) electrons. The summed E-state index contributed by atoms with van der Waals surface area (Å²) in [5.74, 6) is -0.284. The summed E-state index contributed by atoms with van der Waals surface area (Å²) in [5.41, 5.74) is 3.75. The molecule has 24 heavy (non-hydrogen) atoms. The number of benzene rings is 2. The van der Waals surface area contributed by atoms with Crippen LogP contribution in [0.5, 0.6) is 0 Å². The second-order valence-electron chi connectivity index (χ2n) is 7.06. The highest BCUT2D eigenvalue weighted by Crippen LogP contribution is 2.69. The van der Waals surface area contributed by atoms with E-state index in [4.69, 9.17) is 0 Å². The molecule has 118 valence electrons. The number of hydrogen-bond acceptors (Lipinski definition) is 3. The van der Waals surface area contributed by atoms with E-state index in [1.807, 2.05) is 36.4 Å². The Morgan fingerprint density at radius 2 is 1.62 bits per heavy atom. The normalized spacial score (nSPS) is 38.0. The predicted molar refractivity (Wildman–Crippen MR) is 90.0 cm³/mol. The lowest BCUT2D eigenvalue weighted by molar-refractivity contribution is -0.0901. The Morgan fingerprint density at radius 3 is 2.42 bits per heavy atom. The molecule has 0 heterocycles. The van der Waals surface area contributed by atoms with E-state index in [0.717, 1.165) is 22.3 Å². The molecular weight excluding hydrogens is 298 g/mol. The Labute approximate surface area is 140 Å². The Hall–Kier alpha value is -2.41. The van der Waals surface area contributed by atoms with Crippen molar-refractivity contribution in [3.63, 3.8) is 0 Å². The van der Waals surface area contributed by atoms with Gasteiger partial charge < -0.3 is 10.2 Å². The highest BCUT2D eigenvalue weighted by molar-refractivity contribution is 5.79. The maximum Gasteiger partial charge on any atom is 0.0983 e. The van der Waals surface area contributed by atoms with Gasteiger partial charge in [0.15, 0.2) is 0 Å². The SMILES string of the molecule is N#C[C@@]12c3ccccc3-c3ccccc3[C@@H]1C1C(O)C(O)C=CC12. The summed E-state index contributed by atoms with van der Waals surface area (Å²) >= 11 is 0. The summed E-state index contributed by atoms with van der Waals surface area (Å²) < 4.78 is 0. The molecule has 0 saturated heterocycles. The summed E-state index contributed by atoms with van der Waals surface area (Å²) in [6.45, 7) is 0. The van der Waals surface area contributed by atoms with Crippen molar-refractivity contribution in [3.8, 4) is 17.2 Å². The van der Waals surface area contributed by atoms with Gasteiger partial charge in [-0.1, -0.05) is 60.7 Å².